The molecule has 0 aliphatic carbocycles. The average molecular weight is 439 g/mol. The molecular formula is C18H15F2N3O4S2. The normalized spacial score (nSPS) is 17.9. The maximum atomic E-state index is 13.7. The zero-order valence-electron chi connectivity index (χ0n) is 14.8. The van der Waals surface area contributed by atoms with Gasteiger partial charge in [-0.2, -0.15) is 0 Å². The van der Waals surface area contributed by atoms with E-state index >= 15 is 0 Å². The van der Waals surface area contributed by atoms with Crippen LogP contribution in [0.5, 0.6) is 0 Å². The number of nitrogens with one attached hydrogen (secondary N) is 1. The van der Waals surface area contributed by atoms with Crippen molar-refractivity contribution in [2.24, 2.45) is 4.40 Å². The zero-order valence-corrected chi connectivity index (χ0v) is 16.4. The third-order valence-electron chi connectivity index (χ3n) is 4.51. The number of fused-ring (bicyclic) bond motifs is 3. The minimum Gasteiger partial charge on any atom is -0.386 e. The molecule has 1 atom stereocenters. The summed E-state index contributed by atoms with van der Waals surface area (Å²) in [6.07, 6.45) is -1.34. The SMILES string of the molecule is O=C(NCC(O)c1ccc(F)cc1F)c1ccc2c(c1)SC1=NS(=O)(=O)CCN12. The fourth-order valence-corrected chi connectivity index (χ4v) is 5.34. The second-order valence-electron chi connectivity index (χ2n) is 6.49. The highest BCUT2D eigenvalue weighted by Gasteiger charge is 2.33. The fraction of sp³-hybridized carbons (Fsp3) is 0.222. The highest BCUT2D eigenvalue weighted by molar-refractivity contribution is 8.15. The van der Waals surface area contributed by atoms with E-state index in [1.54, 1.807) is 23.1 Å². The number of nitrogens with zero attached hydrogens (tertiary/aromatic N) is 2. The van der Waals surface area contributed by atoms with Gasteiger partial charge in [0.1, 0.15) is 11.6 Å². The molecule has 2 heterocycles. The van der Waals surface area contributed by atoms with Crippen molar-refractivity contribution in [1.82, 2.24) is 5.32 Å². The Hall–Kier alpha value is -2.50. The number of thioether (sulfide) groups is 1. The Bertz CT molecular complexity index is 1140. The van der Waals surface area contributed by atoms with E-state index in [0.29, 0.717) is 28.2 Å². The van der Waals surface area contributed by atoms with Crippen molar-refractivity contribution in [3.05, 3.63) is 59.2 Å². The topological polar surface area (TPSA) is 99.1 Å². The van der Waals surface area contributed by atoms with Gasteiger partial charge in [-0.3, -0.25) is 4.79 Å². The van der Waals surface area contributed by atoms with Gasteiger partial charge in [-0.15, -0.1) is 4.40 Å². The molecule has 0 bridgehead atoms. The van der Waals surface area contributed by atoms with Crippen LogP contribution >= 0.6 is 11.8 Å². The minimum atomic E-state index is -3.47. The molecule has 0 saturated heterocycles. The molecule has 2 aliphatic rings. The quantitative estimate of drug-likeness (QED) is 0.757. The van der Waals surface area contributed by atoms with Crippen molar-refractivity contribution < 1.29 is 27.1 Å². The van der Waals surface area contributed by atoms with Crippen LogP contribution in [0.25, 0.3) is 0 Å². The number of carbonyl (C=O) groups excluding carboxylic acids is 1. The Kier molecular flexibility index (Phi) is 5.05. The number of benzene rings is 2. The third kappa shape index (κ3) is 3.98. The number of amidine groups is 1. The van der Waals surface area contributed by atoms with E-state index in [4.69, 9.17) is 0 Å². The molecule has 29 heavy (non-hydrogen) atoms. The van der Waals surface area contributed by atoms with E-state index in [2.05, 4.69) is 9.71 Å². The van der Waals surface area contributed by atoms with Gasteiger partial charge >= 0.3 is 0 Å². The predicted octanol–water partition coefficient (Wildman–Crippen LogP) is 2.04. The lowest BCUT2D eigenvalue weighted by Gasteiger charge is -2.22. The van der Waals surface area contributed by atoms with Crippen LogP contribution in [0.4, 0.5) is 14.5 Å². The molecule has 2 N–H and O–H groups in total. The number of aliphatic hydroxyl groups is 1. The molecule has 2 aromatic carbocycles. The molecule has 11 heteroatoms. The van der Waals surface area contributed by atoms with Gasteiger partial charge in [-0.1, -0.05) is 6.07 Å². The van der Waals surface area contributed by atoms with Crippen LogP contribution in [-0.2, 0) is 10.0 Å². The highest BCUT2D eigenvalue weighted by atomic mass is 32.2. The van der Waals surface area contributed by atoms with E-state index < -0.39 is 33.7 Å². The standard InChI is InChI=1S/C18H15F2N3O4S2/c19-11-2-3-12(13(20)8-11)15(24)9-21-17(25)10-1-4-14-16(7-10)28-18-22-29(26,27)6-5-23(14)18/h1-4,7-8,15,24H,5-6,9H2,(H,21,25). The molecule has 2 aliphatic heterocycles. The lowest BCUT2D eigenvalue weighted by Crippen LogP contribution is -2.35. The summed E-state index contributed by atoms with van der Waals surface area (Å²) in [6, 6.07) is 7.69. The van der Waals surface area contributed by atoms with Crippen molar-refractivity contribution in [3.63, 3.8) is 0 Å². The number of carbonyl (C=O) groups is 1. The second-order valence-corrected chi connectivity index (χ2v) is 9.25. The van der Waals surface area contributed by atoms with Crippen molar-refractivity contribution >= 4 is 38.5 Å². The monoisotopic (exact) mass is 439 g/mol. The number of halogens is 2. The molecule has 0 radical (unpaired) electrons. The lowest BCUT2D eigenvalue weighted by atomic mass is 10.1. The first-order valence-electron chi connectivity index (χ1n) is 8.57. The van der Waals surface area contributed by atoms with Crippen LogP contribution in [0.1, 0.15) is 22.0 Å². The molecule has 0 spiro atoms. The van der Waals surface area contributed by atoms with Crippen LogP contribution in [-0.4, -0.2) is 43.4 Å². The average Bonchev–Trinajstić information content (AvgIpc) is 3.00. The van der Waals surface area contributed by atoms with Gasteiger partial charge in [-0.25, -0.2) is 17.2 Å². The molecular weight excluding hydrogens is 424 g/mol. The minimum absolute atomic E-state index is 0.0728. The number of aliphatic hydroxyl groups excluding tert-OH is 1. The first kappa shape index (κ1) is 19.8. The molecule has 4 rings (SSSR count). The van der Waals surface area contributed by atoms with Crippen LogP contribution < -0.4 is 10.2 Å². The summed E-state index contributed by atoms with van der Waals surface area (Å²) in [5.41, 5.74) is 0.951. The van der Waals surface area contributed by atoms with E-state index in [1.165, 1.54) is 0 Å². The number of sulfonamides is 1. The third-order valence-corrected chi connectivity index (χ3v) is 6.82. The van der Waals surface area contributed by atoms with Crippen LogP contribution in [0.15, 0.2) is 45.7 Å². The molecule has 152 valence electrons. The number of rotatable bonds is 4. The Balaban J connectivity index is 1.46. The largest absolute Gasteiger partial charge is 0.386 e. The number of amides is 1. The Morgan fingerprint density at radius 3 is 2.83 bits per heavy atom. The maximum absolute atomic E-state index is 13.7. The Morgan fingerprint density at radius 1 is 1.28 bits per heavy atom. The number of hydrogen-bond donors (Lipinski definition) is 2. The van der Waals surface area contributed by atoms with Crippen LogP contribution in [0.2, 0.25) is 0 Å². The predicted molar refractivity (Wildman–Crippen MR) is 105 cm³/mol. The highest BCUT2D eigenvalue weighted by Crippen LogP contribution is 2.42. The van der Waals surface area contributed by atoms with Gasteiger partial charge in [0.2, 0.25) is 0 Å². The second kappa shape index (κ2) is 7.39. The summed E-state index contributed by atoms with van der Waals surface area (Å²) in [5.74, 6) is -2.22. The van der Waals surface area contributed by atoms with E-state index in [9.17, 15) is 27.1 Å². The molecule has 2 aromatic rings. The van der Waals surface area contributed by atoms with E-state index in [0.717, 1.165) is 29.6 Å². The van der Waals surface area contributed by atoms with Crippen molar-refractivity contribution in [1.29, 1.82) is 0 Å². The first-order chi connectivity index (χ1) is 13.7. The number of anilines is 1. The van der Waals surface area contributed by atoms with Gasteiger partial charge in [0.25, 0.3) is 15.9 Å². The molecule has 1 unspecified atom stereocenters. The Morgan fingerprint density at radius 2 is 2.07 bits per heavy atom. The zero-order chi connectivity index (χ0) is 20.8. The van der Waals surface area contributed by atoms with Gasteiger partial charge in [0.15, 0.2) is 5.17 Å². The molecule has 1 amide bonds. The molecule has 7 nitrogen and oxygen atoms in total. The van der Waals surface area contributed by atoms with E-state index in [1.807, 2.05) is 0 Å². The summed E-state index contributed by atoms with van der Waals surface area (Å²) in [4.78, 5) is 14.9. The fourth-order valence-electron chi connectivity index (χ4n) is 3.05. The maximum Gasteiger partial charge on any atom is 0.257 e. The molecule has 0 fully saturated rings. The van der Waals surface area contributed by atoms with Crippen LogP contribution in [0, 0.1) is 11.6 Å². The molecule has 0 saturated carbocycles. The summed E-state index contributed by atoms with van der Waals surface area (Å²) in [6.45, 7) is 0.0326. The van der Waals surface area contributed by atoms with Crippen molar-refractivity contribution in [2.75, 3.05) is 23.7 Å². The van der Waals surface area contributed by atoms with Gasteiger partial charge < -0.3 is 15.3 Å². The van der Waals surface area contributed by atoms with Crippen LogP contribution in [0.3, 0.4) is 0 Å². The first-order valence-corrected chi connectivity index (χ1v) is 11.0. The molecule has 0 aromatic heterocycles. The smallest absolute Gasteiger partial charge is 0.257 e. The van der Waals surface area contributed by atoms with Crippen molar-refractivity contribution in [3.8, 4) is 0 Å². The summed E-state index contributed by atoms with van der Waals surface area (Å²) >= 11 is 1.16. The summed E-state index contributed by atoms with van der Waals surface area (Å²) in [7, 11) is -3.47. The van der Waals surface area contributed by atoms with Gasteiger partial charge in [-0.05, 0) is 36.0 Å². The Labute approximate surface area is 169 Å². The summed E-state index contributed by atoms with van der Waals surface area (Å²) < 4.78 is 53.8. The van der Waals surface area contributed by atoms with Gasteiger partial charge in [0.05, 0.1) is 17.5 Å². The van der Waals surface area contributed by atoms with Gasteiger partial charge in [0, 0.05) is 35.2 Å². The van der Waals surface area contributed by atoms with E-state index in [-0.39, 0.29) is 17.9 Å². The lowest BCUT2D eigenvalue weighted by molar-refractivity contribution is 0.0913. The summed E-state index contributed by atoms with van der Waals surface area (Å²) in [5, 5.41) is 12.9. The number of hydrogen-bond acceptors (Lipinski definition) is 6. The van der Waals surface area contributed by atoms with Crippen molar-refractivity contribution in [2.45, 2.75) is 11.0 Å².